The lowest BCUT2D eigenvalue weighted by molar-refractivity contribution is -0.130. The molecule has 0 spiro atoms. The molecule has 1 aliphatic rings. The molecule has 17 heavy (non-hydrogen) atoms. The van der Waals surface area contributed by atoms with E-state index < -0.39 is 0 Å². The van der Waals surface area contributed by atoms with Crippen LogP contribution in [0.1, 0.15) is 13.3 Å². The van der Waals surface area contributed by atoms with Crippen molar-refractivity contribution in [3.8, 4) is 0 Å². The van der Waals surface area contributed by atoms with E-state index in [4.69, 9.17) is 5.73 Å². The van der Waals surface area contributed by atoms with Crippen molar-refractivity contribution in [2.75, 3.05) is 47.3 Å². The van der Waals surface area contributed by atoms with Gasteiger partial charge in [-0.2, -0.15) is 0 Å². The molecule has 0 saturated carbocycles. The summed E-state index contributed by atoms with van der Waals surface area (Å²) in [6, 6.07) is 0.644. The van der Waals surface area contributed by atoms with Crippen LogP contribution in [-0.4, -0.2) is 80.0 Å². The van der Waals surface area contributed by atoms with Gasteiger partial charge in [-0.05, 0) is 14.0 Å². The van der Waals surface area contributed by atoms with Crippen LogP contribution in [0.2, 0.25) is 0 Å². The number of amides is 1. The van der Waals surface area contributed by atoms with E-state index in [1.165, 1.54) is 0 Å². The van der Waals surface area contributed by atoms with Gasteiger partial charge in [0.2, 0.25) is 5.91 Å². The van der Waals surface area contributed by atoms with E-state index in [9.17, 15) is 4.79 Å². The molecule has 1 fully saturated rings. The Morgan fingerprint density at radius 2 is 2.12 bits per heavy atom. The third-order valence-electron chi connectivity index (χ3n) is 3.53. The SMILES string of the molecule is CC1CN(C)CCN1C(CN)CC(=O)N(C)C. The Balaban J connectivity index is 2.58. The van der Waals surface area contributed by atoms with Crippen molar-refractivity contribution in [3.63, 3.8) is 0 Å². The zero-order valence-electron chi connectivity index (χ0n) is 11.5. The number of hydrogen-bond donors (Lipinski definition) is 1. The Bertz CT molecular complexity index is 257. The summed E-state index contributed by atoms with van der Waals surface area (Å²) in [5, 5.41) is 0. The first kappa shape index (κ1) is 14.4. The lowest BCUT2D eigenvalue weighted by Gasteiger charge is -2.42. The van der Waals surface area contributed by atoms with Gasteiger partial charge < -0.3 is 15.5 Å². The molecular weight excluding hydrogens is 216 g/mol. The summed E-state index contributed by atoms with van der Waals surface area (Å²) in [5.41, 5.74) is 5.82. The molecule has 0 radical (unpaired) electrons. The second kappa shape index (κ2) is 6.33. The molecule has 2 atom stereocenters. The lowest BCUT2D eigenvalue weighted by Crippen LogP contribution is -2.56. The van der Waals surface area contributed by atoms with Gasteiger partial charge in [-0.25, -0.2) is 0 Å². The fraction of sp³-hybridized carbons (Fsp3) is 0.917. The van der Waals surface area contributed by atoms with Crippen molar-refractivity contribution in [3.05, 3.63) is 0 Å². The number of nitrogens with two attached hydrogens (primary N) is 1. The van der Waals surface area contributed by atoms with Gasteiger partial charge in [-0.15, -0.1) is 0 Å². The van der Waals surface area contributed by atoms with E-state index in [0.29, 0.717) is 19.0 Å². The molecule has 0 aromatic rings. The Morgan fingerprint density at radius 3 is 2.59 bits per heavy atom. The highest BCUT2D eigenvalue weighted by molar-refractivity contribution is 5.76. The van der Waals surface area contributed by atoms with Crippen LogP contribution in [0, 0.1) is 0 Å². The summed E-state index contributed by atoms with van der Waals surface area (Å²) in [5.74, 6) is 0.159. The van der Waals surface area contributed by atoms with Gasteiger partial charge in [0.15, 0.2) is 0 Å². The molecule has 0 aromatic carbocycles. The number of carbonyl (C=O) groups is 1. The summed E-state index contributed by atoms with van der Waals surface area (Å²) in [4.78, 5) is 18.1. The van der Waals surface area contributed by atoms with E-state index in [2.05, 4.69) is 23.8 Å². The van der Waals surface area contributed by atoms with Crippen LogP contribution < -0.4 is 5.73 Å². The first-order valence-electron chi connectivity index (χ1n) is 6.30. The molecule has 1 heterocycles. The predicted molar refractivity (Wildman–Crippen MR) is 69.8 cm³/mol. The number of likely N-dealkylation sites (N-methyl/N-ethyl adjacent to an activating group) is 1. The minimum Gasteiger partial charge on any atom is -0.349 e. The normalized spacial score (nSPS) is 24.6. The summed E-state index contributed by atoms with van der Waals surface area (Å²) in [6.07, 6.45) is 0.525. The van der Waals surface area contributed by atoms with Crippen molar-refractivity contribution in [1.29, 1.82) is 0 Å². The largest absolute Gasteiger partial charge is 0.349 e. The second-order valence-corrected chi connectivity index (χ2v) is 5.23. The Hall–Kier alpha value is -0.650. The fourth-order valence-corrected chi connectivity index (χ4v) is 2.42. The van der Waals surface area contributed by atoms with Crippen LogP contribution in [0.4, 0.5) is 0 Å². The topological polar surface area (TPSA) is 52.8 Å². The van der Waals surface area contributed by atoms with E-state index in [0.717, 1.165) is 19.6 Å². The van der Waals surface area contributed by atoms with Crippen LogP contribution in [0.3, 0.4) is 0 Å². The van der Waals surface area contributed by atoms with E-state index in [1.54, 1.807) is 19.0 Å². The Labute approximate surface area is 105 Å². The maximum absolute atomic E-state index is 11.8. The monoisotopic (exact) mass is 242 g/mol. The standard InChI is InChI=1S/C12H26N4O/c1-10-9-15(4)5-6-16(10)11(8-13)7-12(17)14(2)3/h10-11H,5-9,13H2,1-4H3. The number of hydrogen-bond acceptors (Lipinski definition) is 4. The molecule has 0 aliphatic carbocycles. The number of rotatable bonds is 4. The van der Waals surface area contributed by atoms with Crippen molar-refractivity contribution < 1.29 is 4.79 Å². The van der Waals surface area contributed by atoms with Crippen LogP contribution in [0.25, 0.3) is 0 Å². The molecule has 1 aliphatic heterocycles. The zero-order chi connectivity index (χ0) is 13.0. The third kappa shape index (κ3) is 3.94. The highest BCUT2D eigenvalue weighted by Crippen LogP contribution is 2.14. The first-order valence-corrected chi connectivity index (χ1v) is 6.30. The van der Waals surface area contributed by atoms with Crippen LogP contribution in [0.5, 0.6) is 0 Å². The van der Waals surface area contributed by atoms with Crippen molar-refractivity contribution in [2.24, 2.45) is 5.73 Å². The highest BCUT2D eigenvalue weighted by atomic mass is 16.2. The zero-order valence-corrected chi connectivity index (χ0v) is 11.5. The average Bonchev–Trinajstić information content (AvgIpc) is 2.26. The lowest BCUT2D eigenvalue weighted by atomic mass is 10.1. The van der Waals surface area contributed by atoms with Gasteiger partial charge >= 0.3 is 0 Å². The van der Waals surface area contributed by atoms with Gasteiger partial charge in [0.1, 0.15) is 0 Å². The Morgan fingerprint density at radius 1 is 1.47 bits per heavy atom. The average molecular weight is 242 g/mol. The molecule has 0 aromatic heterocycles. The first-order chi connectivity index (χ1) is 7.95. The van der Waals surface area contributed by atoms with Gasteiger partial charge in [-0.1, -0.05) is 0 Å². The summed E-state index contributed by atoms with van der Waals surface area (Å²) in [7, 11) is 5.73. The van der Waals surface area contributed by atoms with Crippen LogP contribution >= 0.6 is 0 Å². The quantitative estimate of drug-likeness (QED) is 0.717. The van der Waals surface area contributed by atoms with Gasteiger partial charge in [0.05, 0.1) is 0 Å². The highest BCUT2D eigenvalue weighted by Gasteiger charge is 2.28. The van der Waals surface area contributed by atoms with Crippen molar-refractivity contribution in [2.45, 2.75) is 25.4 Å². The number of piperazine rings is 1. The molecule has 100 valence electrons. The molecular formula is C12H26N4O. The summed E-state index contributed by atoms with van der Waals surface area (Å²) >= 11 is 0. The minimum atomic E-state index is 0.159. The molecule has 5 heteroatoms. The fourth-order valence-electron chi connectivity index (χ4n) is 2.42. The number of nitrogens with zero attached hydrogens (tertiary/aromatic N) is 3. The molecule has 0 bridgehead atoms. The van der Waals surface area contributed by atoms with E-state index in [1.807, 2.05) is 0 Å². The van der Waals surface area contributed by atoms with Crippen LogP contribution in [-0.2, 0) is 4.79 Å². The maximum Gasteiger partial charge on any atom is 0.223 e. The van der Waals surface area contributed by atoms with Gasteiger partial charge in [-0.3, -0.25) is 9.69 Å². The minimum absolute atomic E-state index is 0.159. The van der Waals surface area contributed by atoms with Crippen molar-refractivity contribution >= 4 is 5.91 Å². The predicted octanol–water partition coefficient (Wildman–Crippen LogP) is -0.572. The molecule has 1 rings (SSSR count). The molecule has 1 amide bonds. The smallest absolute Gasteiger partial charge is 0.223 e. The second-order valence-electron chi connectivity index (χ2n) is 5.23. The van der Waals surface area contributed by atoms with Gasteiger partial charge in [0, 0.05) is 58.8 Å². The molecule has 2 N–H and O–H groups in total. The molecule has 1 saturated heterocycles. The van der Waals surface area contributed by atoms with E-state index in [-0.39, 0.29) is 11.9 Å². The van der Waals surface area contributed by atoms with Gasteiger partial charge in [0.25, 0.3) is 0 Å². The van der Waals surface area contributed by atoms with E-state index >= 15 is 0 Å². The Kier molecular flexibility index (Phi) is 5.36. The molecule has 2 unspecified atom stereocenters. The van der Waals surface area contributed by atoms with Crippen molar-refractivity contribution in [1.82, 2.24) is 14.7 Å². The summed E-state index contributed by atoms with van der Waals surface area (Å²) < 4.78 is 0. The van der Waals surface area contributed by atoms with Crippen LogP contribution in [0.15, 0.2) is 0 Å². The summed E-state index contributed by atoms with van der Waals surface area (Å²) in [6.45, 7) is 5.86. The third-order valence-corrected chi connectivity index (χ3v) is 3.53. The molecule has 5 nitrogen and oxygen atoms in total. The number of carbonyl (C=O) groups excluding carboxylic acids is 1. The maximum atomic E-state index is 11.8.